The number of nitrogens with one attached hydrogen (secondary N) is 1. The van der Waals surface area contributed by atoms with Gasteiger partial charge in [0.2, 0.25) is 0 Å². The van der Waals surface area contributed by atoms with Crippen LogP contribution in [-0.2, 0) is 9.47 Å². The largest absolute Gasteiger partial charge is 0.383 e. The number of methoxy groups -OCH3 is 1. The molecule has 1 N–H and O–H groups in total. The first-order chi connectivity index (χ1) is 7.83. The van der Waals surface area contributed by atoms with Crippen LogP contribution in [0, 0.1) is 5.41 Å². The summed E-state index contributed by atoms with van der Waals surface area (Å²) in [5, 5.41) is 3.46. The highest BCUT2D eigenvalue weighted by atomic mass is 16.5. The third-order valence-corrected chi connectivity index (χ3v) is 3.36. The highest BCUT2D eigenvalue weighted by Crippen LogP contribution is 2.48. The third-order valence-electron chi connectivity index (χ3n) is 3.36. The van der Waals surface area contributed by atoms with Crippen molar-refractivity contribution >= 4 is 0 Å². The molecule has 0 heterocycles. The van der Waals surface area contributed by atoms with Crippen molar-refractivity contribution in [3.8, 4) is 0 Å². The molecule has 0 unspecified atom stereocenters. The number of hydrogen-bond donors (Lipinski definition) is 1. The molecule has 96 valence electrons. The lowest BCUT2D eigenvalue weighted by atomic mass is 10.0. The summed E-state index contributed by atoms with van der Waals surface area (Å²) in [6.45, 7) is 6.98. The Hall–Kier alpha value is -0.120. The Balaban J connectivity index is 1.93. The van der Waals surface area contributed by atoms with Crippen molar-refractivity contribution in [3.05, 3.63) is 0 Å². The summed E-state index contributed by atoms with van der Waals surface area (Å²) in [6, 6.07) is 0. The molecule has 3 heteroatoms. The van der Waals surface area contributed by atoms with Gasteiger partial charge in [-0.25, -0.2) is 0 Å². The summed E-state index contributed by atoms with van der Waals surface area (Å²) in [7, 11) is 1.75. The van der Waals surface area contributed by atoms with Gasteiger partial charge in [-0.3, -0.25) is 0 Å². The van der Waals surface area contributed by atoms with Gasteiger partial charge in [-0.15, -0.1) is 0 Å². The Kier molecular flexibility index (Phi) is 7.01. The number of rotatable bonds is 11. The van der Waals surface area contributed by atoms with E-state index in [2.05, 4.69) is 12.2 Å². The molecular formula is C13H27NO2. The molecule has 0 atom stereocenters. The summed E-state index contributed by atoms with van der Waals surface area (Å²) in [4.78, 5) is 0. The van der Waals surface area contributed by atoms with Crippen LogP contribution >= 0.6 is 0 Å². The first-order valence-corrected chi connectivity index (χ1v) is 6.60. The minimum atomic E-state index is 0.556. The molecule has 1 rings (SSSR count). The van der Waals surface area contributed by atoms with Gasteiger partial charge in [-0.05, 0) is 31.1 Å². The Morgan fingerprint density at radius 2 is 2.00 bits per heavy atom. The molecule has 1 aliphatic carbocycles. The lowest BCUT2D eigenvalue weighted by Crippen LogP contribution is -2.27. The van der Waals surface area contributed by atoms with Gasteiger partial charge in [0.05, 0.1) is 6.61 Å². The Bertz CT molecular complexity index is 169. The second-order valence-electron chi connectivity index (χ2n) is 4.89. The zero-order chi connectivity index (χ0) is 11.7. The summed E-state index contributed by atoms with van der Waals surface area (Å²) < 4.78 is 10.6. The van der Waals surface area contributed by atoms with Crippen molar-refractivity contribution in [2.24, 2.45) is 5.41 Å². The fourth-order valence-electron chi connectivity index (χ4n) is 1.86. The predicted molar refractivity (Wildman–Crippen MR) is 66.8 cm³/mol. The molecular weight excluding hydrogens is 202 g/mol. The lowest BCUT2D eigenvalue weighted by Gasteiger charge is -2.15. The van der Waals surface area contributed by atoms with Crippen LogP contribution < -0.4 is 5.32 Å². The molecule has 0 saturated heterocycles. The van der Waals surface area contributed by atoms with E-state index in [9.17, 15) is 0 Å². The van der Waals surface area contributed by atoms with E-state index in [4.69, 9.17) is 9.47 Å². The van der Waals surface area contributed by atoms with Crippen LogP contribution in [-0.4, -0.2) is 40.0 Å². The minimum absolute atomic E-state index is 0.556. The van der Waals surface area contributed by atoms with Crippen molar-refractivity contribution < 1.29 is 9.47 Å². The molecule has 1 aliphatic rings. The number of unbranched alkanes of at least 4 members (excludes halogenated alkanes) is 1. The topological polar surface area (TPSA) is 30.5 Å². The molecule has 1 saturated carbocycles. The van der Waals surface area contributed by atoms with E-state index in [0.717, 1.165) is 32.9 Å². The van der Waals surface area contributed by atoms with Crippen molar-refractivity contribution in [1.82, 2.24) is 5.32 Å². The van der Waals surface area contributed by atoms with Crippen molar-refractivity contribution in [2.45, 2.75) is 39.0 Å². The predicted octanol–water partition coefficient (Wildman–Crippen LogP) is 2.21. The average molecular weight is 229 g/mol. The van der Waals surface area contributed by atoms with Crippen LogP contribution in [0.1, 0.15) is 39.0 Å². The van der Waals surface area contributed by atoms with Gasteiger partial charge in [-0.2, -0.15) is 0 Å². The molecule has 16 heavy (non-hydrogen) atoms. The second-order valence-corrected chi connectivity index (χ2v) is 4.89. The van der Waals surface area contributed by atoms with E-state index < -0.39 is 0 Å². The van der Waals surface area contributed by atoms with Crippen LogP contribution in [0.4, 0.5) is 0 Å². The molecule has 0 aromatic heterocycles. The Morgan fingerprint density at radius 3 is 2.62 bits per heavy atom. The van der Waals surface area contributed by atoms with Gasteiger partial charge in [0, 0.05) is 33.4 Å². The van der Waals surface area contributed by atoms with Crippen molar-refractivity contribution in [1.29, 1.82) is 0 Å². The average Bonchev–Trinajstić information content (AvgIpc) is 3.05. The lowest BCUT2D eigenvalue weighted by molar-refractivity contribution is 0.113. The second kappa shape index (κ2) is 8.04. The van der Waals surface area contributed by atoms with Crippen LogP contribution in [0.5, 0.6) is 0 Å². The molecule has 0 spiro atoms. The summed E-state index contributed by atoms with van der Waals surface area (Å²) in [5.41, 5.74) is 0.556. The first-order valence-electron chi connectivity index (χ1n) is 6.60. The number of ether oxygens (including phenoxy) is 2. The normalized spacial score (nSPS) is 17.6. The van der Waals surface area contributed by atoms with Crippen molar-refractivity contribution in [2.75, 3.05) is 40.0 Å². The Labute approximate surface area is 99.9 Å². The van der Waals surface area contributed by atoms with Crippen molar-refractivity contribution in [3.63, 3.8) is 0 Å². The first kappa shape index (κ1) is 13.9. The highest BCUT2D eigenvalue weighted by Gasteiger charge is 2.41. The maximum Gasteiger partial charge on any atom is 0.0587 e. The van der Waals surface area contributed by atoms with E-state index in [1.807, 2.05) is 0 Å². The van der Waals surface area contributed by atoms with Gasteiger partial charge in [0.25, 0.3) is 0 Å². The molecule has 0 bridgehead atoms. The van der Waals surface area contributed by atoms with E-state index in [-0.39, 0.29) is 0 Å². The third kappa shape index (κ3) is 5.83. The smallest absolute Gasteiger partial charge is 0.0587 e. The van der Waals surface area contributed by atoms with Crippen LogP contribution in [0.3, 0.4) is 0 Å². The molecule has 3 nitrogen and oxygen atoms in total. The van der Waals surface area contributed by atoms with Gasteiger partial charge < -0.3 is 14.8 Å². The van der Waals surface area contributed by atoms with Gasteiger partial charge in [0.1, 0.15) is 0 Å². The van der Waals surface area contributed by atoms with Gasteiger partial charge >= 0.3 is 0 Å². The fraction of sp³-hybridized carbons (Fsp3) is 1.00. The van der Waals surface area contributed by atoms with Crippen LogP contribution in [0.2, 0.25) is 0 Å². The minimum Gasteiger partial charge on any atom is -0.383 e. The molecule has 0 aliphatic heterocycles. The maximum atomic E-state index is 5.62. The van der Waals surface area contributed by atoms with E-state index in [0.29, 0.717) is 5.41 Å². The van der Waals surface area contributed by atoms with Gasteiger partial charge in [-0.1, -0.05) is 13.3 Å². The number of hydrogen-bond acceptors (Lipinski definition) is 3. The quantitative estimate of drug-likeness (QED) is 0.551. The van der Waals surface area contributed by atoms with Crippen LogP contribution in [0.15, 0.2) is 0 Å². The zero-order valence-electron chi connectivity index (χ0n) is 10.9. The zero-order valence-corrected chi connectivity index (χ0v) is 10.9. The molecule has 0 aromatic carbocycles. The monoisotopic (exact) mass is 229 g/mol. The van der Waals surface area contributed by atoms with E-state index in [1.54, 1.807) is 7.11 Å². The fourth-order valence-corrected chi connectivity index (χ4v) is 1.86. The van der Waals surface area contributed by atoms with Crippen LogP contribution in [0.25, 0.3) is 0 Å². The summed E-state index contributed by atoms with van der Waals surface area (Å²) in [6.07, 6.45) is 6.37. The Morgan fingerprint density at radius 1 is 1.19 bits per heavy atom. The summed E-state index contributed by atoms with van der Waals surface area (Å²) in [5.74, 6) is 0. The van der Waals surface area contributed by atoms with Gasteiger partial charge in [0.15, 0.2) is 0 Å². The standard InChI is InChI=1S/C13H27NO2/c1-3-4-9-16-10-7-13(5-6-13)12-14-8-11-15-2/h14H,3-12H2,1-2H3. The maximum absolute atomic E-state index is 5.62. The highest BCUT2D eigenvalue weighted by molar-refractivity contribution is 4.94. The van der Waals surface area contributed by atoms with E-state index >= 15 is 0 Å². The summed E-state index contributed by atoms with van der Waals surface area (Å²) >= 11 is 0. The van der Waals surface area contributed by atoms with E-state index in [1.165, 1.54) is 32.1 Å². The molecule has 0 amide bonds. The molecule has 1 fully saturated rings. The molecule has 0 radical (unpaired) electrons. The SMILES string of the molecule is CCCCOCCC1(CNCCOC)CC1. The molecule has 0 aromatic rings.